The molecular formula is C19H23NO3S. The number of fused-ring (bicyclic) bond motifs is 1. The molecule has 0 amide bonds. The molecule has 3 rings (SSSR count). The van der Waals surface area contributed by atoms with Gasteiger partial charge in [0.15, 0.2) is 16.4 Å². The summed E-state index contributed by atoms with van der Waals surface area (Å²) in [5.74, 6) is 0.701. The third-order valence-electron chi connectivity index (χ3n) is 4.50. The van der Waals surface area contributed by atoms with Crippen molar-refractivity contribution >= 4 is 11.2 Å². The van der Waals surface area contributed by atoms with Crippen molar-refractivity contribution in [1.29, 1.82) is 0 Å². The van der Waals surface area contributed by atoms with Gasteiger partial charge in [-0.3, -0.25) is 4.90 Å². The molecule has 1 N–H and O–H groups in total. The first-order chi connectivity index (χ1) is 11.6. The summed E-state index contributed by atoms with van der Waals surface area (Å²) in [6, 6.07) is 11.6. The van der Waals surface area contributed by atoms with Crippen molar-refractivity contribution in [1.82, 2.24) is 4.90 Å². The van der Waals surface area contributed by atoms with Gasteiger partial charge in [-0.15, -0.1) is 0 Å². The summed E-state index contributed by atoms with van der Waals surface area (Å²) in [6.45, 7) is 2.80. The molecule has 0 spiro atoms. The van der Waals surface area contributed by atoms with E-state index in [-0.39, 0.29) is 5.75 Å². The van der Waals surface area contributed by atoms with Crippen molar-refractivity contribution in [3.05, 3.63) is 53.1 Å². The molecule has 0 fully saturated rings. The van der Waals surface area contributed by atoms with Crippen LogP contribution in [-0.4, -0.2) is 34.5 Å². The van der Waals surface area contributed by atoms with Crippen molar-refractivity contribution in [2.45, 2.75) is 30.8 Å². The topological polar surface area (TPSA) is 55.8 Å². The molecule has 1 heterocycles. The van der Waals surface area contributed by atoms with Crippen LogP contribution in [-0.2, 0) is 30.7 Å². The maximum Gasteiger partial charge on any atom is 0.160 e. The van der Waals surface area contributed by atoms with Crippen LogP contribution in [0.2, 0.25) is 0 Å². The molecular weight excluding hydrogens is 322 g/mol. The second kappa shape index (κ2) is 7.47. The molecule has 0 saturated heterocycles. The molecule has 0 aromatic heterocycles. The van der Waals surface area contributed by atoms with E-state index in [4.69, 9.17) is 4.74 Å². The van der Waals surface area contributed by atoms with Crippen LogP contribution in [0.15, 0.2) is 41.3 Å². The third kappa shape index (κ3) is 3.69. The van der Waals surface area contributed by atoms with E-state index in [1.807, 2.05) is 24.3 Å². The number of aryl methyl sites for hydroxylation is 1. The number of ether oxygens (including phenoxy) is 1. The van der Waals surface area contributed by atoms with E-state index in [1.165, 1.54) is 11.1 Å². The van der Waals surface area contributed by atoms with E-state index in [0.29, 0.717) is 5.75 Å². The minimum absolute atomic E-state index is 0.177. The van der Waals surface area contributed by atoms with Crippen molar-refractivity contribution in [2.24, 2.45) is 0 Å². The molecule has 128 valence electrons. The summed E-state index contributed by atoms with van der Waals surface area (Å²) in [7, 11) is 1.57. The van der Waals surface area contributed by atoms with Crippen LogP contribution in [0.25, 0.3) is 0 Å². The molecule has 2 aromatic rings. The molecule has 1 aliphatic heterocycles. The second-order valence-corrected chi connectivity index (χ2v) is 7.52. The van der Waals surface area contributed by atoms with Gasteiger partial charge in [0.05, 0.1) is 7.11 Å². The molecule has 1 aliphatic rings. The van der Waals surface area contributed by atoms with Crippen molar-refractivity contribution in [3.8, 4) is 11.5 Å². The zero-order valence-corrected chi connectivity index (χ0v) is 14.9. The fourth-order valence-corrected chi connectivity index (χ4v) is 4.08. The van der Waals surface area contributed by atoms with Gasteiger partial charge in [-0.05, 0) is 59.9 Å². The molecule has 1 unspecified atom stereocenters. The van der Waals surface area contributed by atoms with E-state index in [0.717, 1.165) is 42.9 Å². The van der Waals surface area contributed by atoms with Gasteiger partial charge in [0.1, 0.15) is 6.26 Å². The lowest BCUT2D eigenvalue weighted by atomic mass is 10.1. The van der Waals surface area contributed by atoms with Gasteiger partial charge >= 0.3 is 0 Å². The summed E-state index contributed by atoms with van der Waals surface area (Å²) in [5, 5.41) is 9.65. The van der Waals surface area contributed by atoms with Gasteiger partial charge < -0.3 is 14.4 Å². The van der Waals surface area contributed by atoms with E-state index in [2.05, 4.69) is 11.0 Å². The molecule has 2 aromatic carbocycles. The lowest BCUT2D eigenvalue weighted by Crippen LogP contribution is -2.18. The van der Waals surface area contributed by atoms with Crippen LogP contribution in [0, 0.1) is 0 Å². The smallest absolute Gasteiger partial charge is 0.160 e. The molecule has 0 saturated carbocycles. The molecule has 0 bridgehead atoms. The first kappa shape index (κ1) is 17.1. The number of benzene rings is 2. The normalized spacial score (nSPS) is 15.3. The average Bonchev–Trinajstić information content (AvgIpc) is 2.98. The van der Waals surface area contributed by atoms with Crippen LogP contribution in [0.3, 0.4) is 0 Å². The highest BCUT2D eigenvalue weighted by molar-refractivity contribution is 7.90. The summed E-state index contributed by atoms with van der Waals surface area (Å²) in [4.78, 5) is 3.37. The Morgan fingerprint density at radius 2 is 2.08 bits per heavy atom. The Bertz CT molecular complexity index is 718. The quantitative estimate of drug-likeness (QED) is 0.818. The molecule has 24 heavy (non-hydrogen) atoms. The van der Waals surface area contributed by atoms with Crippen molar-refractivity contribution < 1.29 is 14.4 Å². The van der Waals surface area contributed by atoms with Crippen molar-refractivity contribution in [2.75, 3.05) is 19.9 Å². The van der Waals surface area contributed by atoms with Crippen LogP contribution in [0.1, 0.15) is 23.1 Å². The fourth-order valence-electron chi connectivity index (χ4n) is 3.27. The minimum atomic E-state index is -0.931. The summed E-state index contributed by atoms with van der Waals surface area (Å²) in [5.41, 5.74) is 3.70. The standard InChI is InChI=1S/C19H23NO3S/c1-23-18-11-14(8-9-17(18)21)5-4-10-20-12-15-6-3-7-19(24(2)22)16(15)13-20/h3,6-9,11,21H,4-5,10,12-13H2,1-2H3. The number of hydrogen-bond acceptors (Lipinski definition) is 4. The zero-order chi connectivity index (χ0) is 17.1. The van der Waals surface area contributed by atoms with Gasteiger partial charge in [-0.2, -0.15) is 0 Å². The van der Waals surface area contributed by atoms with Gasteiger partial charge in [-0.1, -0.05) is 18.2 Å². The zero-order valence-electron chi connectivity index (χ0n) is 14.1. The highest BCUT2D eigenvalue weighted by Gasteiger charge is 2.24. The second-order valence-electron chi connectivity index (χ2n) is 6.17. The highest BCUT2D eigenvalue weighted by Crippen LogP contribution is 2.29. The van der Waals surface area contributed by atoms with E-state index >= 15 is 0 Å². The number of hydrogen-bond donors (Lipinski definition) is 1. The summed E-state index contributed by atoms with van der Waals surface area (Å²) in [6.07, 6.45) is 3.72. The maximum absolute atomic E-state index is 11.9. The van der Waals surface area contributed by atoms with Gasteiger partial charge in [-0.25, -0.2) is 0 Å². The fraction of sp³-hybridized carbons (Fsp3) is 0.368. The number of methoxy groups -OCH3 is 1. The first-order valence-corrected chi connectivity index (χ1v) is 9.66. The summed E-state index contributed by atoms with van der Waals surface area (Å²) >= 11 is -0.931. The Morgan fingerprint density at radius 3 is 2.83 bits per heavy atom. The molecule has 0 aliphatic carbocycles. The lowest BCUT2D eigenvalue weighted by molar-refractivity contribution is 0.279. The predicted molar refractivity (Wildman–Crippen MR) is 95.9 cm³/mol. The molecule has 0 radical (unpaired) electrons. The third-order valence-corrected chi connectivity index (χ3v) is 5.50. The van der Waals surface area contributed by atoms with E-state index in [9.17, 15) is 9.66 Å². The number of nitrogens with zero attached hydrogens (tertiary/aromatic N) is 1. The van der Waals surface area contributed by atoms with Crippen LogP contribution in [0.4, 0.5) is 0 Å². The Morgan fingerprint density at radius 1 is 1.25 bits per heavy atom. The number of phenolic OH excluding ortho intramolecular Hbond substituents is 1. The first-order valence-electron chi connectivity index (χ1n) is 8.11. The highest BCUT2D eigenvalue weighted by atomic mass is 32.2. The lowest BCUT2D eigenvalue weighted by Gasteiger charge is -2.15. The van der Waals surface area contributed by atoms with Crippen LogP contribution >= 0.6 is 0 Å². The number of aromatic hydroxyl groups is 1. The Labute approximate surface area is 146 Å². The van der Waals surface area contributed by atoms with E-state index in [1.54, 1.807) is 19.4 Å². The molecule has 4 nitrogen and oxygen atoms in total. The van der Waals surface area contributed by atoms with Crippen LogP contribution in [0.5, 0.6) is 11.5 Å². The predicted octanol–water partition coefficient (Wildman–Crippen LogP) is 3.09. The Kier molecular flexibility index (Phi) is 5.33. The Balaban J connectivity index is 1.56. The molecule has 5 heteroatoms. The number of phenols is 1. The SMILES string of the molecule is COc1cc(CCCN2Cc3cccc([S+](C)[O-])c3C2)ccc1O. The van der Waals surface area contributed by atoms with Gasteiger partial charge in [0.2, 0.25) is 0 Å². The number of rotatable bonds is 6. The van der Waals surface area contributed by atoms with Gasteiger partial charge in [0, 0.05) is 18.7 Å². The van der Waals surface area contributed by atoms with Crippen LogP contribution < -0.4 is 4.74 Å². The van der Waals surface area contributed by atoms with Gasteiger partial charge in [0.25, 0.3) is 0 Å². The maximum atomic E-state index is 11.9. The Hall–Kier alpha value is -1.69. The monoisotopic (exact) mass is 345 g/mol. The average molecular weight is 345 g/mol. The summed E-state index contributed by atoms with van der Waals surface area (Å²) < 4.78 is 17.0. The van der Waals surface area contributed by atoms with Crippen molar-refractivity contribution in [3.63, 3.8) is 0 Å². The minimum Gasteiger partial charge on any atom is -0.612 e. The van der Waals surface area contributed by atoms with E-state index < -0.39 is 11.2 Å². The molecule has 1 atom stereocenters. The largest absolute Gasteiger partial charge is 0.612 e.